The van der Waals surface area contributed by atoms with Gasteiger partial charge in [0, 0.05) is 23.1 Å². The van der Waals surface area contributed by atoms with E-state index < -0.39 is 35.4 Å². The highest BCUT2D eigenvalue weighted by molar-refractivity contribution is 5.84. The first-order valence-corrected chi connectivity index (χ1v) is 13.9. The van der Waals surface area contributed by atoms with E-state index in [0.717, 1.165) is 43.4 Å². The molecule has 0 aromatic heterocycles. The minimum Gasteiger partial charge on any atom is -0.493 e. The molecule has 0 bridgehead atoms. The SMILES string of the molecule is CCCCCCOc1cc(F)c(CCc2ccc3c(F)c(CCc4ccc(OC(F)(F)F)c(F)c4)ccc3c2)c(F)c1. The molecule has 0 aliphatic carbocycles. The Morgan fingerprint density at radius 3 is 2.05 bits per heavy atom. The van der Waals surface area contributed by atoms with Gasteiger partial charge in [0.05, 0.1) is 6.61 Å². The van der Waals surface area contributed by atoms with Crippen LogP contribution in [0.25, 0.3) is 10.8 Å². The molecule has 42 heavy (non-hydrogen) atoms. The molecule has 9 heteroatoms. The summed E-state index contributed by atoms with van der Waals surface area (Å²) in [6, 6.07) is 13.9. The van der Waals surface area contributed by atoms with Crippen LogP contribution in [0.3, 0.4) is 0 Å². The highest BCUT2D eigenvalue weighted by Crippen LogP contribution is 2.28. The van der Waals surface area contributed by atoms with Crippen molar-refractivity contribution in [1.29, 1.82) is 0 Å². The van der Waals surface area contributed by atoms with Gasteiger partial charge in [-0.1, -0.05) is 62.6 Å². The molecule has 2 nitrogen and oxygen atoms in total. The average Bonchev–Trinajstić information content (AvgIpc) is 2.93. The fourth-order valence-electron chi connectivity index (χ4n) is 4.81. The van der Waals surface area contributed by atoms with Crippen LogP contribution in [0.4, 0.5) is 30.7 Å². The zero-order valence-electron chi connectivity index (χ0n) is 23.1. The first kappa shape index (κ1) is 31.2. The number of alkyl halides is 3. The maximum Gasteiger partial charge on any atom is 0.573 e. The smallest absolute Gasteiger partial charge is 0.493 e. The molecule has 0 N–H and O–H groups in total. The number of benzene rings is 4. The lowest BCUT2D eigenvalue weighted by Crippen LogP contribution is -2.18. The largest absolute Gasteiger partial charge is 0.573 e. The van der Waals surface area contributed by atoms with Gasteiger partial charge in [-0.05, 0) is 66.3 Å². The van der Waals surface area contributed by atoms with Crippen molar-refractivity contribution >= 4 is 10.8 Å². The van der Waals surface area contributed by atoms with Crippen LogP contribution in [0.5, 0.6) is 11.5 Å². The number of ether oxygens (including phenoxy) is 2. The Labute approximate surface area is 240 Å². The van der Waals surface area contributed by atoms with E-state index in [4.69, 9.17) is 4.74 Å². The van der Waals surface area contributed by atoms with Crippen molar-refractivity contribution in [3.63, 3.8) is 0 Å². The highest BCUT2D eigenvalue weighted by Gasteiger charge is 2.32. The Bertz CT molecular complexity index is 1490. The Kier molecular flexibility index (Phi) is 10.4. The van der Waals surface area contributed by atoms with Crippen LogP contribution in [0.15, 0.2) is 60.7 Å². The topological polar surface area (TPSA) is 18.5 Å². The van der Waals surface area contributed by atoms with Crippen LogP contribution < -0.4 is 9.47 Å². The average molecular weight is 593 g/mol. The number of hydrogen-bond acceptors (Lipinski definition) is 2. The minimum absolute atomic E-state index is 0.0376. The van der Waals surface area contributed by atoms with Gasteiger partial charge in [-0.3, -0.25) is 0 Å². The fraction of sp³-hybridized carbons (Fsp3) is 0.333. The molecule has 0 fully saturated rings. The van der Waals surface area contributed by atoms with Gasteiger partial charge in [-0.15, -0.1) is 13.2 Å². The van der Waals surface area contributed by atoms with E-state index in [1.807, 2.05) is 0 Å². The van der Waals surface area contributed by atoms with E-state index in [0.29, 0.717) is 34.9 Å². The van der Waals surface area contributed by atoms with E-state index in [1.54, 1.807) is 30.3 Å². The quantitative estimate of drug-likeness (QED) is 0.114. The lowest BCUT2D eigenvalue weighted by Gasteiger charge is -2.12. The van der Waals surface area contributed by atoms with Crippen LogP contribution in [-0.4, -0.2) is 13.0 Å². The monoisotopic (exact) mass is 592 g/mol. The zero-order chi connectivity index (χ0) is 30.3. The maximum absolute atomic E-state index is 15.2. The molecule has 0 atom stereocenters. The molecule has 0 amide bonds. The van der Waals surface area contributed by atoms with Crippen LogP contribution in [-0.2, 0) is 25.7 Å². The lowest BCUT2D eigenvalue weighted by molar-refractivity contribution is -0.275. The second kappa shape index (κ2) is 13.9. The molecule has 0 aliphatic heterocycles. The van der Waals surface area contributed by atoms with Crippen molar-refractivity contribution in [2.45, 2.75) is 64.7 Å². The van der Waals surface area contributed by atoms with Gasteiger partial charge >= 0.3 is 6.36 Å². The summed E-state index contributed by atoms with van der Waals surface area (Å²) in [5, 5.41) is 0.968. The second-order valence-corrected chi connectivity index (χ2v) is 10.2. The Morgan fingerprint density at radius 2 is 1.36 bits per heavy atom. The summed E-state index contributed by atoms with van der Waals surface area (Å²) in [6.07, 6.45) is -0.170. The third kappa shape index (κ3) is 8.39. The number of aryl methyl sites for hydroxylation is 3. The standard InChI is InChI=1S/C33H31F7O2/c1-2-3-4-5-16-41-25-19-28(34)27(29(35)20-25)14-8-21-7-13-26-24(17-21)12-11-23(32(26)37)10-6-22-9-15-31(30(36)18-22)42-33(38,39)40/h7,9,11-13,15,17-20H,2-6,8,10,14,16H2,1H3. The summed E-state index contributed by atoms with van der Waals surface area (Å²) >= 11 is 0. The van der Waals surface area contributed by atoms with Crippen molar-refractivity contribution in [2.24, 2.45) is 0 Å². The van der Waals surface area contributed by atoms with E-state index in [-0.39, 0.29) is 30.6 Å². The molecule has 4 aromatic carbocycles. The summed E-state index contributed by atoms with van der Waals surface area (Å²) in [4.78, 5) is 0. The van der Waals surface area contributed by atoms with Gasteiger partial charge in [0.2, 0.25) is 0 Å². The first-order chi connectivity index (χ1) is 20.0. The Hall–Kier alpha value is -3.75. The molecule has 0 saturated heterocycles. The third-order valence-electron chi connectivity index (χ3n) is 7.05. The van der Waals surface area contributed by atoms with E-state index >= 15 is 4.39 Å². The molecule has 0 unspecified atom stereocenters. The van der Waals surface area contributed by atoms with Gasteiger partial charge < -0.3 is 9.47 Å². The Morgan fingerprint density at radius 1 is 0.667 bits per heavy atom. The molecule has 4 aromatic rings. The predicted octanol–water partition coefficient (Wildman–Crippen LogP) is 9.82. The number of rotatable bonds is 13. The van der Waals surface area contributed by atoms with Crippen molar-refractivity contribution < 1.29 is 40.2 Å². The van der Waals surface area contributed by atoms with Gasteiger partial charge in [0.25, 0.3) is 0 Å². The zero-order valence-corrected chi connectivity index (χ0v) is 23.1. The predicted molar refractivity (Wildman–Crippen MR) is 148 cm³/mol. The van der Waals surface area contributed by atoms with Crippen LogP contribution >= 0.6 is 0 Å². The van der Waals surface area contributed by atoms with E-state index in [9.17, 15) is 26.3 Å². The van der Waals surface area contributed by atoms with E-state index in [1.165, 1.54) is 18.2 Å². The van der Waals surface area contributed by atoms with Gasteiger partial charge in [-0.25, -0.2) is 17.6 Å². The molecule has 0 spiro atoms. The molecule has 4 rings (SSSR count). The molecular weight excluding hydrogens is 561 g/mol. The normalized spacial score (nSPS) is 11.7. The molecule has 0 radical (unpaired) electrons. The summed E-state index contributed by atoms with van der Waals surface area (Å²) in [5.41, 5.74) is 1.50. The van der Waals surface area contributed by atoms with Crippen LogP contribution in [0.2, 0.25) is 0 Å². The van der Waals surface area contributed by atoms with Crippen LogP contribution in [0, 0.1) is 23.3 Å². The number of unbranched alkanes of at least 4 members (excludes halogenated alkanes) is 3. The highest BCUT2D eigenvalue weighted by atomic mass is 19.4. The third-order valence-corrected chi connectivity index (χ3v) is 7.05. The second-order valence-electron chi connectivity index (χ2n) is 10.2. The minimum atomic E-state index is -5.00. The van der Waals surface area contributed by atoms with Gasteiger partial charge in [0.1, 0.15) is 23.2 Å². The summed E-state index contributed by atoms with van der Waals surface area (Å²) in [6.45, 7) is 2.50. The Balaban J connectivity index is 1.38. The maximum atomic E-state index is 15.2. The fourth-order valence-corrected chi connectivity index (χ4v) is 4.81. The van der Waals surface area contributed by atoms with Crippen molar-refractivity contribution in [1.82, 2.24) is 0 Å². The van der Waals surface area contributed by atoms with Crippen LogP contribution in [0.1, 0.15) is 54.9 Å². The van der Waals surface area contributed by atoms with Crippen molar-refractivity contribution in [2.75, 3.05) is 6.61 Å². The van der Waals surface area contributed by atoms with Crippen molar-refractivity contribution in [3.05, 3.63) is 106 Å². The molecule has 224 valence electrons. The van der Waals surface area contributed by atoms with Gasteiger partial charge in [0.15, 0.2) is 11.6 Å². The molecule has 0 heterocycles. The van der Waals surface area contributed by atoms with Gasteiger partial charge in [-0.2, -0.15) is 0 Å². The molecule has 0 aliphatic rings. The van der Waals surface area contributed by atoms with E-state index in [2.05, 4.69) is 11.7 Å². The lowest BCUT2D eigenvalue weighted by atomic mass is 9.97. The summed E-state index contributed by atoms with van der Waals surface area (Å²) in [7, 11) is 0. The summed E-state index contributed by atoms with van der Waals surface area (Å²) < 4.78 is 105. The first-order valence-electron chi connectivity index (χ1n) is 13.9. The summed E-state index contributed by atoms with van der Waals surface area (Å²) in [5.74, 6) is -3.71. The number of halogens is 7. The molecular formula is C33H31F7O2. The van der Waals surface area contributed by atoms with Crippen molar-refractivity contribution in [3.8, 4) is 11.5 Å². The number of hydrogen-bond donors (Lipinski definition) is 0. The molecule has 0 saturated carbocycles. The number of fused-ring (bicyclic) bond motifs is 1.